The molecule has 1 amide bonds. The highest BCUT2D eigenvalue weighted by atomic mass is 35.5. The third kappa shape index (κ3) is 2.66. The molecule has 0 aliphatic carbocycles. The molecule has 0 atom stereocenters. The van der Waals surface area contributed by atoms with Gasteiger partial charge in [0.15, 0.2) is 0 Å². The van der Waals surface area contributed by atoms with E-state index in [0.717, 1.165) is 21.4 Å². The topological polar surface area (TPSA) is 60.9 Å². The van der Waals surface area contributed by atoms with Gasteiger partial charge in [0.25, 0.3) is 0 Å². The molecule has 2 aromatic carbocycles. The van der Waals surface area contributed by atoms with Gasteiger partial charge in [-0.05, 0) is 23.8 Å². The van der Waals surface area contributed by atoms with Crippen molar-refractivity contribution in [2.75, 3.05) is 0 Å². The molecule has 0 bridgehead atoms. The summed E-state index contributed by atoms with van der Waals surface area (Å²) in [5, 5.41) is 4.84. The van der Waals surface area contributed by atoms with E-state index in [0.29, 0.717) is 10.7 Å². The van der Waals surface area contributed by atoms with Crippen LogP contribution in [0, 0.1) is 0 Å². The van der Waals surface area contributed by atoms with Crippen LogP contribution in [0.5, 0.6) is 0 Å². The van der Waals surface area contributed by atoms with Gasteiger partial charge in [0, 0.05) is 22.3 Å². The first-order chi connectivity index (χ1) is 10.1. The molecule has 1 aromatic heterocycles. The highest BCUT2D eigenvalue weighted by molar-refractivity contribution is 6.33. The maximum absolute atomic E-state index is 11.1. The van der Waals surface area contributed by atoms with Gasteiger partial charge in [-0.3, -0.25) is 0 Å². The summed E-state index contributed by atoms with van der Waals surface area (Å²) in [6.45, 7) is 0. The number of hydrogen-bond acceptors (Lipinski definition) is 2. The fraction of sp³-hybridized carbons (Fsp3) is 0. The zero-order chi connectivity index (χ0) is 14.8. The van der Waals surface area contributed by atoms with Gasteiger partial charge in [-0.1, -0.05) is 48.0 Å². The monoisotopic (exact) mass is 297 g/mol. The van der Waals surface area contributed by atoms with Crippen LogP contribution in [0.4, 0.5) is 4.79 Å². The van der Waals surface area contributed by atoms with Crippen LogP contribution in [-0.4, -0.2) is 15.8 Å². The van der Waals surface area contributed by atoms with E-state index in [2.05, 4.69) is 5.10 Å². The largest absolute Gasteiger partial charge is 0.350 e. The lowest BCUT2D eigenvalue weighted by Gasteiger charge is -2.06. The molecule has 0 unspecified atom stereocenters. The highest BCUT2D eigenvalue weighted by Crippen LogP contribution is 2.30. The number of aromatic nitrogens is 2. The Balaban J connectivity index is 2.04. The first kappa shape index (κ1) is 13.4. The van der Waals surface area contributed by atoms with Crippen molar-refractivity contribution in [3.05, 3.63) is 65.8 Å². The van der Waals surface area contributed by atoms with Gasteiger partial charge in [-0.25, -0.2) is 4.79 Å². The van der Waals surface area contributed by atoms with Crippen molar-refractivity contribution in [1.82, 2.24) is 9.78 Å². The normalized spacial score (nSPS) is 10.5. The van der Waals surface area contributed by atoms with Crippen LogP contribution in [0.3, 0.4) is 0 Å². The number of nitrogens with zero attached hydrogens (tertiary/aromatic N) is 2. The van der Waals surface area contributed by atoms with Crippen molar-refractivity contribution in [2.24, 2.45) is 5.73 Å². The standard InChI is InChI=1S/C16H12ClN3O/c17-14-7-2-1-6-13(14)11-4-3-5-12(10-11)15-8-9-20(19-15)16(18)21/h1-10H,(H2,18,21). The molecule has 0 saturated carbocycles. The second-order valence-electron chi connectivity index (χ2n) is 4.54. The van der Waals surface area contributed by atoms with E-state index in [9.17, 15) is 4.79 Å². The van der Waals surface area contributed by atoms with Crippen molar-refractivity contribution < 1.29 is 4.79 Å². The van der Waals surface area contributed by atoms with Crippen LogP contribution in [0.2, 0.25) is 5.02 Å². The van der Waals surface area contributed by atoms with Crippen LogP contribution in [-0.2, 0) is 0 Å². The maximum Gasteiger partial charge on any atom is 0.339 e. The Morgan fingerprint density at radius 2 is 1.81 bits per heavy atom. The molecule has 0 fully saturated rings. The van der Waals surface area contributed by atoms with E-state index in [1.54, 1.807) is 12.3 Å². The van der Waals surface area contributed by atoms with Gasteiger partial charge in [-0.15, -0.1) is 0 Å². The number of carbonyl (C=O) groups is 1. The first-order valence-electron chi connectivity index (χ1n) is 6.36. The van der Waals surface area contributed by atoms with Crippen LogP contribution in [0.1, 0.15) is 0 Å². The molecule has 1 heterocycles. The van der Waals surface area contributed by atoms with E-state index >= 15 is 0 Å². The lowest BCUT2D eigenvalue weighted by Crippen LogP contribution is -2.19. The Morgan fingerprint density at radius 1 is 1.05 bits per heavy atom. The number of nitrogens with two attached hydrogens (primary N) is 1. The number of halogens is 1. The smallest absolute Gasteiger partial charge is 0.339 e. The predicted octanol–water partition coefficient (Wildman–Crippen LogP) is 3.80. The van der Waals surface area contributed by atoms with Gasteiger partial charge in [0.2, 0.25) is 0 Å². The number of benzene rings is 2. The minimum Gasteiger partial charge on any atom is -0.350 e. The molecule has 2 N–H and O–H groups in total. The van der Waals surface area contributed by atoms with Gasteiger partial charge in [-0.2, -0.15) is 9.78 Å². The average Bonchev–Trinajstić information content (AvgIpc) is 2.98. The van der Waals surface area contributed by atoms with Gasteiger partial charge >= 0.3 is 6.03 Å². The fourth-order valence-electron chi connectivity index (χ4n) is 2.14. The minimum absolute atomic E-state index is 0.608. The minimum atomic E-state index is -0.608. The Bertz CT molecular complexity index is 811. The molecule has 3 aromatic rings. The number of primary amides is 1. The van der Waals surface area contributed by atoms with Crippen molar-refractivity contribution in [3.8, 4) is 22.4 Å². The summed E-state index contributed by atoms with van der Waals surface area (Å²) >= 11 is 6.22. The second kappa shape index (κ2) is 5.42. The molecular formula is C16H12ClN3O. The summed E-state index contributed by atoms with van der Waals surface area (Å²) in [4.78, 5) is 11.1. The quantitative estimate of drug-likeness (QED) is 0.782. The second-order valence-corrected chi connectivity index (χ2v) is 4.95. The number of amides is 1. The Labute approximate surface area is 126 Å². The van der Waals surface area contributed by atoms with Gasteiger partial charge in [0.05, 0.1) is 5.69 Å². The van der Waals surface area contributed by atoms with Gasteiger partial charge < -0.3 is 5.73 Å². The van der Waals surface area contributed by atoms with E-state index in [1.807, 2.05) is 48.5 Å². The molecule has 4 nitrogen and oxygen atoms in total. The van der Waals surface area contributed by atoms with Crippen molar-refractivity contribution in [1.29, 1.82) is 0 Å². The lowest BCUT2D eigenvalue weighted by atomic mass is 10.0. The van der Waals surface area contributed by atoms with Crippen LogP contribution >= 0.6 is 11.6 Å². The van der Waals surface area contributed by atoms with Crippen molar-refractivity contribution in [3.63, 3.8) is 0 Å². The molecule has 0 aliphatic rings. The molecule has 3 rings (SSSR count). The van der Waals surface area contributed by atoms with Crippen molar-refractivity contribution >= 4 is 17.6 Å². The number of rotatable bonds is 2. The molecule has 104 valence electrons. The molecule has 21 heavy (non-hydrogen) atoms. The summed E-state index contributed by atoms with van der Waals surface area (Å²) in [7, 11) is 0. The third-order valence-electron chi connectivity index (χ3n) is 3.16. The van der Waals surface area contributed by atoms with E-state index in [-0.39, 0.29) is 0 Å². The van der Waals surface area contributed by atoms with Crippen LogP contribution < -0.4 is 5.73 Å². The number of carbonyl (C=O) groups excluding carboxylic acids is 1. The molecular weight excluding hydrogens is 286 g/mol. The SMILES string of the molecule is NC(=O)n1ccc(-c2cccc(-c3ccccc3Cl)c2)n1. The van der Waals surface area contributed by atoms with Gasteiger partial charge in [0.1, 0.15) is 0 Å². The maximum atomic E-state index is 11.1. The summed E-state index contributed by atoms with van der Waals surface area (Å²) in [5.41, 5.74) is 8.72. The molecule has 5 heteroatoms. The van der Waals surface area contributed by atoms with E-state index in [4.69, 9.17) is 17.3 Å². The predicted molar refractivity (Wildman–Crippen MR) is 83.1 cm³/mol. The van der Waals surface area contributed by atoms with Crippen LogP contribution in [0.25, 0.3) is 22.4 Å². The highest BCUT2D eigenvalue weighted by Gasteiger charge is 2.08. The lowest BCUT2D eigenvalue weighted by molar-refractivity contribution is 0.248. The zero-order valence-electron chi connectivity index (χ0n) is 11.0. The van der Waals surface area contributed by atoms with Crippen molar-refractivity contribution in [2.45, 2.75) is 0 Å². The molecule has 0 saturated heterocycles. The number of hydrogen-bond donors (Lipinski definition) is 1. The average molecular weight is 298 g/mol. The zero-order valence-corrected chi connectivity index (χ0v) is 11.8. The Hall–Kier alpha value is -2.59. The fourth-order valence-corrected chi connectivity index (χ4v) is 2.39. The Morgan fingerprint density at radius 3 is 2.52 bits per heavy atom. The Kier molecular flexibility index (Phi) is 3.46. The van der Waals surface area contributed by atoms with E-state index in [1.165, 1.54) is 0 Å². The molecule has 0 aliphatic heterocycles. The summed E-state index contributed by atoms with van der Waals surface area (Å²) in [6.07, 6.45) is 1.54. The third-order valence-corrected chi connectivity index (χ3v) is 3.49. The first-order valence-corrected chi connectivity index (χ1v) is 6.74. The molecule has 0 radical (unpaired) electrons. The summed E-state index contributed by atoms with van der Waals surface area (Å²) in [6, 6.07) is 16.6. The molecule has 0 spiro atoms. The van der Waals surface area contributed by atoms with Crippen LogP contribution in [0.15, 0.2) is 60.8 Å². The summed E-state index contributed by atoms with van der Waals surface area (Å²) < 4.78 is 1.11. The van der Waals surface area contributed by atoms with E-state index < -0.39 is 6.03 Å². The summed E-state index contributed by atoms with van der Waals surface area (Å²) in [5.74, 6) is 0.